The molecule has 2 aliphatic carbocycles. The summed E-state index contributed by atoms with van der Waals surface area (Å²) in [5.41, 5.74) is 15.9. The quantitative estimate of drug-likeness (QED) is 0.200. The van der Waals surface area contributed by atoms with Crippen LogP contribution in [0.25, 0.3) is 45.1 Å². The molecule has 21 heteroatoms. The molecule has 4 N–H and O–H groups in total. The van der Waals surface area contributed by atoms with E-state index in [1.807, 2.05) is 4.57 Å². The maximum atomic E-state index is 6.47. The molecule has 5 aliphatic rings. The molecule has 59 heavy (non-hydrogen) atoms. The van der Waals surface area contributed by atoms with Crippen molar-refractivity contribution in [2.75, 3.05) is 105 Å². The second-order valence-electron chi connectivity index (χ2n) is 15.4. The number of imidazole rings is 2. The number of hydrogen-bond acceptors (Lipinski definition) is 18. The number of nitrogens with two attached hydrogens (primary N) is 2. The SMILES string of the molecule is Nc1ncc(-c2nc(N3CCOCC3)c3nc(Cl)n(CC4CC4)c3n2)cn1.Nc1ncc(-c2nc(N3CCOCC3)c3nc(N4CCOCC4)n(CC4CC4)c3n2)cn1. The maximum absolute atomic E-state index is 6.47. The first-order valence-electron chi connectivity index (χ1n) is 20.3. The van der Waals surface area contributed by atoms with Crippen LogP contribution in [0.4, 0.5) is 29.5 Å². The Kier molecular flexibility index (Phi) is 10.4. The van der Waals surface area contributed by atoms with Gasteiger partial charge in [0.05, 0.1) is 50.8 Å². The molecular formula is C38H46ClN17O3. The summed E-state index contributed by atoms with van der Waals surface area (Å²) in [5, 5.41) is 0.450. The first-order valence-corrected chi connectivity index (χ1v) is 20.7. The monoisotopic (exact) mass is 823 g/mol. The van der Waals surface area contributed by atoms with Crippen molar-refractivity contribution >= 4 is 63.4 Å². The molecule has 6 aromatic rings. The van der Waals surface area contributed by atoms with Gasteiger partial charge in [-0.15, -0.1) is 0 Å². The summed E-state index contributed by atoms with van der Waals surface area (Å²) in [6, 6.07) is 0. The normalized spacial score (nSPS) is 18.7. The first-order chi connectivity index (χ1) is 28.9. The zero-order valence-electron chi connectivity index (χ0n) is 32.7. The molecular weight excluding hydrogens is 778 g/mol. The van der Waals surface area contributed by atoms with Gasteiger partial charge in [0.1, 0.15) is 0 Å². The summed E-state index contributed by atoms with van der Waals surface area (Å²) in [7, 11) is 0. The molecule has 5 fully saturated rings. The topological polar surface area (TPSA) is 228 Å². The summed E-state index contributed by atoms with van der Waals surface area (Å²) < 4.78 is 20.9. The van der Waals surface area contributed by atoms with E-state index >= 15 is 0 Å². The molecule has 3 saturated heterocycles. The molecule has 0 atom stereocenters. The Balaban J connectivity index is 0.000000145. The summed E-state index contributed by atoms with van der Waals surface area (Å²) in [5.74, 6) is 5.47. The Hall–Kier alpha value is -5.57. The molecule has 0 amide bonds. The highest BCUT2D eigenvalue weighted by Gasteiger charge is 2.31. The third kappa shape index (κ3) is 8.08. The van der Waals surface area contributed by atoms with Crippen LogP contribution in [0.15, 0.2) is 24.8 Å². The Bertz CT molecular complexity index is 2420. The van der Waals surface area contributed by atoms with Crippen LogP contribution in [0.1, 0.15) is 25.7 Å². The number of halogens is 1. The Labute approximate surface area is 344 Å². The molecule has 0 aromatic carbocycles. The third-order valence-electron chi connectivity index (χ3n) is 11.1. The largest absolute Gasteiger partial charge is 0.378 e. The van der Waals surface area contributed by atoms with E-state index in [0.717, 1.165) is 97.8 Å². The molecule has 0 unspecified atom stereocenters. The van der Waals surface area contributed by atoms with E-state index in [-0.39, 0.29) is 11.9 Å². The molecule has 20 nitrogen and oxygen atoms in total. The molecule has 0 radical (unpaired) electrons. The molecule has 308 valence electrons. The van der Waals surface area contributed by atoms with Crippen molar-refractivity contribution in [3.05, 3.63) is 30.1 Å². The van der Waals surface area contributed by atoms with Crippen molar-refractivity contribution < 1.29 is 14.2 Å². The third-order valence-corrected chi connectivity index (χ3v) is 11.4. The van der Waals surface area contributed by atoms with E-state index in [9.17, 15) is 0 Å². The highest BCUT2D eigenvalue weighted by Crippen LogP contribution is 2.38. The van der Waals surface area contributed by atoms with Gasteiger partial charge >= 0.3 is 0 Å². The van der Waals surface area contributed by atoms with Crippen LogP contribution in [-0.4, -0.2) is 138 Å². The summed E-state index contributed by atoms with van der Waals surface area (Å²) in [4.78, 5) is 52.3. The van der Waals surface area contributed by atoms with Crippen molar-refractivity contribution in [1.29, 1.82) is 0 Å². The predicted octanol–water partition coefficient (Wildman–Crippen LogP) is 2.71. The fourth-order valence-corrected chi connectivity index (χ4v) is 7.78. The van der Waals surface area contributed by atoms with Gasteiger partial charge in [0, 0.05) is 77.1 Å². The van der Waals surface area contributed by atoms with Gasteiger partial charge in [-0.1, -0.05) is 0 Å². The van der Waals surface area contributed by atoms with E-state index in [1.165, 1.54) is 25.7 Å². The van der Waals surface area contributed by atoms with Crippen LogP contribution < -0.4 is 26.2 Å². The number of hydrogen-bond donors (Lipinski definition) is 2. The molecule has 3 aliphatic heterocycles. The van der Waals surface area contributed by atoms with E-state index < -0.39 is 0 Å². The van der Waals surface area contributed by atoms with Gasteiger partial charge in [-0.25, -0.2) is 49.8 Å². The summed E-state index contributed by atoms with van der Waals surface area (Å²) in [6.07, 6.45) is 11.6. The molecule has 9 heterocycles. The van der Waals surface area contributed by atoms with Crippen molar-refractivity contribution in [2.24, 2.45) is 11.8 Å². The fraction of sp³-hybridized carbons (Fsp3) is 0.526. The van der Waals surface area contributed by atoms with Gasteiger partial charge in [-0.2, -0.15) is 0 Å². The fourth-order valence-electron chi connectivity index (χ4n) is 7.54. The highest BCUT2D eigenvalue weighted by molar-refractivity contribution is 6.29. The van der Waals surface area contributed by atoms with Gasteiger partial charge in [0.2, 0.25) is 23.1 Å². The zero-order chi connectivity index (χ0) is 39.9. The number of morpholine rings is 3. The minimum absolute atomic E-state index is 0.218. The number of ether oxygens (including phenoxy) is 3. The van der Waals surface area contributed by atoms with E-state index in [0.29, 0.717) is 74.0 Å². The average Bonchev–Trinajstić information content (AvgIpc) is 4.22. The minimum atomic E-state index is 0.218. The van der Waals surface area contributed by atoms with Crippen LogP contribution in [0.3, 0.4) is 0 Å². The molecule has 0 spiro atoms. The minimum Gasteiger partial charge on any atom is -0.378 e. The van der Waals surface area contributed by atoms with Crippen molar-refractivity contribution in [2.45, 2.75) is 38.8 Å². The molecule has 0 bridgehead atoms. The zero-order valence-corrected chi connectivity index (χ0v) is 33.4. The summed E-state index contributed by atoms with van der Waals surface area (Å²) in [6.45, 7) is 10.5. The van der Waals surface area contributed by atoms with E-state index in [4.69, 9.17) is 62.2 Å². The second-order valence-corrected chi connectivity index (χ2v) is 15.8. The standard InChI is InChI=1S/C21H27N9O2.C17H19ClN8O/c22-20-23-11-15(12-24-20)17-26-18(28-3-7-31-8-4-28)16-19(27-17)30(13-14-1-2-14)21(25-16)29-5-9-32-10-6-29;18-16-22-12-14(25-3-5-27-6-4-25)23-13(11-7-20-17(19)21-8-11)24-15(12)26(16)9-10-1-2-10/h11-12,14H,1-10,13H2,(H2,22,23,24);7-8,10H,1-6,9H2,(H2,19,20,21). The smallest absolute Gasteiger partial charge is 0.219 e. The number of rotatable bonds is 9. The van der Waals surface area contributed by atoms with Crippen molar-refractivity contribution in [3.8, 4) is 22.8 Å². The lowest BCUT2D eigenvalue weighted by molar-refractivity contribution is 0.121. The maximum Gasteiger partial charge on any atom is 0.219 e. The lowest BCUT2D eigenvalue weighted by Gasteiger charge is -2.28. The molecule has 11 rings (SSSR count). The second kappa shape index (κ2) is 16.2. The van der Waals surface area contributed by atoms with Crippen molar-refractivity contribution in [3.63, 3.8) is 0 Å². The van der Waals surface area contributed by atoms with Gasteiger partial charge in [0.25, 0.3) is 0 Å². The molecule has 6 aromatic heterocycles. The Morgan fingerprint density at radius 3 is 1.39 bits per heavy atom. The lowest BCUT2D eigenvalue weighted by atomic mass is 10.3. The first kappa shape index (κ1) is 37.7. The van der Waals surface area contributed by atoms with E-state index in [1.54, 1.807) is 24.8 Å². The van der Waals surface area contributed by atoms with E-state index in [2.05, 4.69) is 44.2 Å². The number of fused-ring (bicyclic) bond motifs is 2. The highest BCUT2D eigenvalue weighted by atomic mass is 35.5. The van der Waals surface area contributed by atoms with Crippen LogP contribution in [0.2, 0.25) is 5.28 Å². The molecule has 2 saturated carbocycles. The predicted molar refractivity (Wildman–Crippen MR) is 221 cm³/mol. The van der Waals surface area contributed by atoms with Crippen LogP contribution in [0, 0.1) is 11.8 Å². The van der Waals surface area contributed by atoms with Crippen LogP contribution in [0.5, 0.6) is 0 Å². The van der Waals surface area contributed by atoms with Crippen LogP contribution >= 0.6 is 11.6 Å². The number of nitrogen functional groups attached to an aromatic ring is 2. The average molecular weight is 824 g/mol. The van der Waals surface area contributed by atoms with Gasteiger partial charge < -0.3 is 40.4 Å². The summed E-state index contributed by atoms with van der Waals surface area (Å²) >= 11 is 6.47. The van der Waals surface area contributed by atoms with Crippen LogP contribution in [-0.2, 0) is 27.3 Å². The lowest BCUT2D eigenvalue weighted by Crippen LogP contribution is -2.38. The van der Waals surface area contributed by atoms with Gasteiger partial charge in [-0.05, 0) is 49.1 Å². The van der Waals surface area contributed by atoms with Gasteiger partial charge in [-0.3, -0.25) is 9.13 Å². The number of aromatic nitrogens is 12. The van der Waals surface area contributed by atoms with Gasteiger partial charge in [0.15, 0.2) is 45.6 Å². The van der Waals surface area contributed by atoms with Crippen molar-refractivity contribution in [1.82, 2.24) is 59.0 Å². The Morgan fingerprint density at radius 2 is 0.932 bits per heavy atom. The number of anilines is 5. The Morgan fingerprint density at radius 1 is 0.525 bits per heavy atom. The number of nitrogens with zero attached hydrogens (tertiary/aromatic N) is 15.